The van der Waals surface area contributed by atoms with E-state index in [9.17, 15) is 23.6 Å². The fraction of sp³-hybridized carbons (Fsp3) is 0.0400. The summed E-state index contributed by atoms with van der Waals surface area (Å²) in [7, 11) is 0. The lowest BCUT2D eigenvalue weighted by Gasteiger charge is -2.26. The van der Waals surface area contributed by atoms with E-state index in [-0.39, 0.29) is 17.0 Å². The van der Waals surface area contributed by atoms with Crippen molar-refractivity contribution in [3.05, 3.63) is 93.2 Å². The minimum atomic E-state index is -0.896. The van der Waals surface area contributed by atoms with Gasteiger partial charge in [0.25, 0.3) is 17.7 Å². The van der Waals surface area contributed by atoms with Crippen LogP contribution < -0.4 is 20.3 Å². The van der Waals surface area contributed by atoms with Gasteiger partial charge in [-0.2, -0.15) is 0 Å². The van der Waals surface area contributed by atoms with Gasteiger partial charge in [-0.3, -0.25) is 19.7 Å². The molecule has 8 nitrogen and oxygen atoms in total. The van der Waals surface area contributed by atoms with Crippen molar-refractivity contribution in [2.45, 2.75) is 0 Å². The molecule has 4 rings (SSSR count). The zero-order valence-corrected chi connectivity index (χ0v) is 20.6. The Morgan fingerprint density at radius 2 is 1.75 bits per heavy atom. The second kappa shape index (κ2) is 10.7. The third kappa shape index (κ3) is 5.78. The second-order valence-corrected chi connectivity index (χ2v) is 8.81. The number of hydrogen-bond donors (Lipinski definition) is 2. The molecule has 1 aliphatic rings. The van der Waals surface area contributed by atoms with E-state index in [1.807, 2.05) is 0 Å². The van der Waals surface area contributed by atoms with E-state index in [4.69, 9.17) is 16.3 Å². The Hall–Kier alpha value is -4.02. The number of barbiturate groups is 1. The minimum absolute atomic E-state index is 0.204. The van der Waals surface area contributed by atoms with Gasteiger partial charge in [0.15, 0.2) is 6.61 Å². The highest BCUT2D eigenvalue weighted by molar-refractivity contribution is 9.10. The Bertz CT molecular complexity index is 1390. The van der Waals surface area contributed by atoms with Crippen LogP contribution in [0.3, 0.4) is 0 Å². The van der Waals surface area contributed by atoms with Crippen molar-refractivity contribution < 1.29 is 28.3 Å². The molecule has 0 aliphatic carbocycles. The molecule has 2 N–H and O–H groups in total. The molecule has 1 aliphatic heterocycles. The molecule has 0 saturated carbocycles. The first-order chi connectivity index (χ1) is 17.2. The number of rotatable bonds is 6. The minimum Gasteiger partial charge on any atom is -0.483 e. The number of imide groups is 2. The first kappa shape index (κ1) is 25.1. The molecule has 0 atom stereocenters. The molecule has 0 spiro atoms. The van der Waals surface area contributed by atoms with Gasteiger partial charge in [0, 0.05) is 20.7 Å². The van der Waals surface area contributed by atoms with Crippen molar-refractivity contribution in [2.75, 3.05) is 16.8 Å². The van der Waals surface area contributed by atoms with Gasteiger partial charge in [-0.05, 0) is 72.8 Å². The Balaban J connectivity index is 1.57. The van der Waals surface area contributed by atoms with E-state index in [1.54, 1.807) is 18.2 Å². The summed E-state index contributed by atoms with van der Waals surface area (Å²) in [6.07, 6.45) is 1.27. The summed E-state index contributed by atoms with van der Waals surface area (Å²) in [5.74, 6) is -2.46. The van der Waals surface area contributed by atoms with Crippen LogP contribution in [0.2, 0.25) is 5.02 Å². The number of carbonyl (C=O) groups is 4. The van der Waals surface area contributed by atoms with E-state index in [0.29, 0.717) is 20.7 Å². The number of urea groups is 1. The second-order valence-electron chi connectivity index (χ2n) is 7.46. The molecule has 0 bridgehead atoms. The highest BCUT2D eigenvalue weighted by atomic mass is 79.9. The number of amides is 5. The maximum atomic E-state index is 13.1. The van der Waals surface area contributed by atoms with Crippen LogP contribution in [0.1, 0.15) is 5.56 Å². The molecule has 5 amide bonds. The van der Waals surface area contributed by atoms with Crippen LogP contribution in [-0.2, 0) is 14.4 Å². The predicted octanol–water partition coefficient (Wildman–Crippen LogP) is 4.93. The first-order valence-electron chi connectivity index (χ1n) is 10.4. The van der Waals surface area contributed by atoms with E-state index in [1.165, 1.54) is 54.6 Å². The topological polar surface area (TPSA) is 105 Å². The van der Waals surface area contributed by atoms with Gasteiger partial charge in [0.2, 0.25) is 0 Å². The lowest BCUT2D eigenvalue weighted by atomic mass is 10.1. The van der Waals surface area contributed by atoms with Crippen LogP contribution in [0, 0.1) is 5.82 Å². The SMILES string of the molecule is O=C(COc1ccc(Br)cc1/C=C1/C(=O)NC(=O)N(c2ccc(Cl)cc2)C1=O)Nc1ccc(F)cc1. The van der Waals surface area contributed by atoms with Crippen LogP contribution in [0.4, 0.5) is 20.6 Å². The average Bonchev–Trinajstić information content (AvgIpc) is 2.84. The lowest BCUT2D eigenvalue weighted by molar-refractivity contribution is -0.122. The molecular weight excluding hydrogens is 557 g/mol. The third-order valence-electron chi connectivity index (χ3n) is 4.94. The largest absolute Gasteiger partial charge is 0.483 e. The Kier molecular flexibility index (Phi) is 7.47. The summed E-state index contributed by atoms with van der Waals surface area (Å²) in [6, 6.07) is 15.1. The summed E-state index contributed by atoms with van der Waals surface area (Å²) in [5, 5.41) is 5.12. The normalized spacial score (nSPS) is 14.6. The summed E-state index contributed by atoms with van der Waals surface area (Å²) >= 11 is 9.22. The third-order valence-corrected chi connectivity index (χ3v) is 5.69. The summed E-state index contributed by atoms with van der Waals surface area (Å²) < 4.78 is 19.3. The van der Waals surface area contributed by atoms with E-state index in [2.05, 4.69) is 26.6 Å². The van der Waals surface area contributed by atoms with Crippen LogP contribution in [0.25, 0.3) is 6.08 Å². The maximum Gasteiger partial charge on any atom is 0.335 e. The fourth-order valence-electron chi connectivity index (χ4n) is 3.27. The van der Waals surface area contributed by atoms with Crippen LogP contribution in [-0.4, -0.2) is 30.4 Å². The Morgan fingerprint density at radius 3 is 2.44 bits per heavy atom. The molecule has 0 aromatic heterocycles. The molecule has 36 heavy (non-hydrogen) atoms. The predicted molar refractivity (Wildman–Crippen MR) is 135 cm³/mol. The number of carbonyl (C=O) groups excluding carboxylic acids is 4. The van der Waals surface area contributed by atoms with Gasteiger partial charge in [0.1, 0.15) is 17.1 Å². The van der Waals surface area contributed by atoms with E-state index >= 15 is 0 Å². The summed E-state index contributed by atoms with van der Waals surface area (Å²) in [5.41, 5.74) is 0.606. The number of nitrogens with one attached hydrogen (secondary N) is 2. The molecule has 3 aromatic rings. The van der Waals surface area contributed by atoms with Crippen molar-refractivity contribution in [1.29, 1.82) is 0 Å². The molecule has 0 unspecified atom stereocenters. The molecule has 1 saturated heterocycles. The zero-order valence-electron chi connectivity index (χ0n) is 18.3. The number of ether oxygens (including phenoxy) is 1. The molecular formula is C25H16BrClFN3O5. The molecule has 11 heteroatoms. The monoisotopic (exact) mass is 571 g/mol. The number of anilines is 2. The highest BCUT2D eigenvalue weighted by Crippen LogP contribution is 2.28. The smallest absolute Gasteiger partial charge is 0.335 e. The summed E-state index contributed by atoms with van der Waals surface area (Å²) in [6.45, 7) is -0.398. The standard InChI is InChI=1S/C25H16BrClFN3O5/c26-15-1-10-21(36-13-22(32)29-18-6-4-17(28)5-7-18)14(11-15)12-20-23(33)30-25(35)31(24(20)34)19-8-2-16(27)3-9-19/h1-12H,13H2,(H,29,32)(H,30,33,35)/b20-12-. The quantitative estimate of drug-likeness (QED) is 0.322. The van der Waals surface area contributed by atoms with Crippen molar-refractivity contribution in [3.8, 4) is 5.75 Å². The van der Waals surface area contributed by atoms with Crippen molar-refractivity contribution in [1.82, 2.24) is 5.32 Å². The van der Waals surface area contributed by atoms with Crippen LogP contribution in [0.5, 0.6) is 5.75 Å². The van der Waals surface area contributed by atoms with Crippen LogP contribution in [0.15, 0.2) is 76.8 Å². The number of benzene rings is 3. The lowest BCUT2D eigenvalue weighted by Crippen LogP contribution is -2.54. The number of hydrogen-bond acceptors (Lipinski definition) is 5. The molecule has 1 heterocycles. The molecule has 0 radical (unpaired) electrons. The van der Waals surface area contributed by atoms with Crippen LogP contribution >= 0.6 is 27.5 Å². The van der Waals surface area contributed by atoms with Gasteiger partial charge in [-0.25, -0.2) is 14.1 Å². The summed E-state index contributed by atoms with van der Waals surface area (Å²) in [4.78, 5) is 51.1. The molecule has 3 aromatic carbocycles. The van der Waals surface area contributed by atoms with Crippen molar-refractivity contribution in [3.63, 3.8) is 0 Å². The van der Waals surface area contributed by atoms with Gasteiger partial charge >= 0.3 is 6.03 Å². The first-order valence-corrected chi connectivity index (χ1v) is 11.5. The van der Waals surface area contributed by atoms with E-state index in [0.717, 1.165) is 4.90 Å². The maximum absolute atomic E-state index is 13.1. The van der Waals surface area contributed by atoms with Gasteiger partial charge in [-0.1, -0.05) is 27.5 Å². The zero-order chi connectivity index (χ0) is 25.8. The average molecular weight is 573 g/mol. The Labute approximate surface area is 217 Å². The number of nitrogens with zero attached hydrogens (tertiary/aromatic N) is 1. The molecule has 1 fully saturated rings. The van der Waals surface area contributed by atoms with Gasteiger partial charge < -0.3 is 10.1 Å². The van der Waals surface area contributed by atoms with E-state index < -0.39 is 36.2 Å². The number of halogens is 3. The molecule has 182 valence electrons. The highest BCUT2D eigenvalue weighted by Gasteiger charge is 2.37. The van der Waals surface area contributed by atoms with Gasteiger partial charge in [0.05, 0.1) is 5.69 Å². The fourth-order valence-corrected chi connectivity index (χ4v) is 3.78. The van der Waals surface area contributed by atoms with Crippen molar-refractivity contribution in [2.24, 2.45) is 0 Å². The Morgan fingerprint density at radius 1 is 1.06 bits per heavy atom. The van der Waals surface area contributed by atoms with Gasteiger partial charge in [-0.15, -0.1) is 0 Å². The van der Waals surface area contributed by atoms with Crippen molar-refractivity contribution >= 4 is 68.7 Å².